The smallest absolute Gasteiger partial charge is 0.250 e. The van der Waals surface area contributed by atoms with E-state index in [2.05, 4.69) is 31.3 Å². The summed E-state index contributed by atoms with van der Waals surface area (Å²) in [4.78, 5) is 17.3. The van der Waals surface area contributed by atoms with E-state index in [0.29, 0.717) is 15.0 Å². The zero-order chi connectivity index (χ0) is 19.0. The van der Waals surface area contributed by atoms with Crippen LogP contribution in [0.3, 0.4) is 0 Å². The summed E-state index contributed by atoms with van der Waals surface area (Å²) >= 11 is 17.1. The third-order valence-corrected chi connectivity index (χ3v) is 5.71. The van der Waals surface area contributed by atoms with Gasteiger partial charge in [-0.1, -0.05) is 51.3 Å². The maximum absolute atomic E-state index is 12.3. The van der Waals surface area contributed by atoms with Crippen LogP contribution in [0.25, 0.3) is 16.2 Å². The Labute approximate surface area is 177 Å². The van der Waals surface area contributed by atoms with Gasteiger partial charge in [0, 0.05) is 20.4 Å². The van der Waals surface area contributed by atoms with Gasteiger partial charge >= 0.3 is 0 Å². The Morgan fingerprint density at radius 1 is 1.19 bits per heavy atom. The molecule has 5 nitrogen and oxygen atoms in total. The van der Waals surface area contributed by atoms with E-state index in [1.807, 2.05) is 35.7 Å². The first-order valence-electron chi connectivity index (χ1n) is 7.83. The van der Waals surface area contributed by atoms with Crippen molar-refractivity contribution in [2.75, 3.05) is 5.32 Å². The molecule has 0 spiro atoms. The summed E-state index contributed by atoms with van der Waals surface area (Å²) in [5.74, 6) is 0.0805. The van der Waals surface area contributed by atoms with Crippen molar-refractivity contribution in [1.29, 1.82) is 0 Å². The number of nitrogens with zero attached hydrogens (tertiary/aromatic N) is 3. The number of nitrogens with one attached hydrogen (secondary N) is 1. The Morgan fingerprint density at radius 3 is 2.70 bits per heavy atom. The van der Waals surface area contributed by atoms with E-state index in [4.69, 9.17) is 23.2 Å². The standard InChI is InChI=1S/C18H11BrCl2N4OS/c19-11-3-1-10(2-4-11)7-16(26)22-17-23-18-25(24-17)15(9-27-18)13-6-5-12(20)8-14(13)21/h1-6,8-9H,7H2,(H,22,24,26). The highest BCUT2D eigenvalue weighted by Crippen LogP contribution is 2.33. The van der Waals surface area contributed by atoms with Gasteiger partial charge in [0.1, 0.15) is 0 Å². The van der Waals surface area contributed by atoms with E-state index in [1.165, 1.54) is 11.3 Å². The predicted octanol–water partition coefficient (Wildman–Crippen LogP) is 5.71. The Bertz CT molecular complexity index is 1140. The number of hydrogen-bond donors (Lipinski definition) is 1. The van der Waals surface area contributed by atoms with Crippen LogP contribution < -0.4 is 5.32 Å². The van der Waals surface area contributed by atoms with Crippen LogP contribution in [0.1, 0.15) is 5.56 Å². The summed E-state index contributed by atoms with van der Waals surface area (Å²) in [7, 11) is 0. The predicted molar refractivity (Wildman–Crippen MR) is 113 cm³/mol. The van der Waals surface area contributed by atoms with Gasteiger partial charge in [0.2, 0.25) is 16.8 Å². The van der Waals surface area contributed by atoms with Crippen molar-refractivity contribution in [2.24, 2.45) is 0 Å². The lowest BCUT2D eigenvalue weighted by Gasteiger charge is -2.03. The minimum absolute atomic E-state index is 0.179. The van der Waals surface area contributed by atoms with Crippen molar-refractivity contribution < 1.29 is 4.79 Å². The van der Waals surface area contributed by atoms with E-state index in [0.717, 1.165) is 21.3 Å². The second-order valence-corrected chi connectivity index (χ2v) is 8.32. The number of halogens is 3. The first-order valence-corrected chi connectivity index (χ1v) is 10.3. The third-order valence-electron chi connectivity index (χ3n) is 3.82. The van der Waals surface area contributed by atoms with Crippen molar-refractivity contribution >= 4 is 67.3 Å². The highest BCUT2D eigenvalue weighted by Gasteiger charge is 2.15. The van der Waals surface area contributed by atoms with E-state index < -0.39 is 0 Å². The Kier molecular flexibility index (Phi) is 5.19. The second kappa shape index (κ2) is 7.59. The van der Waals surface area contributed by atoms with Gasteiger partial charge in [-0.15, -0.1) is 16.4 Å². The minimum Gasteiger partial charge on any atom is -0.293 e. The largest absolute Gasteiger partial charge is 0.293 e. The molecule has 0 saturated carbocycles. The molecule has 27 heavy (non-hydrogen) atoms. The van der Waals surface area contributed by atoms with Crippen molar-refractivity contribution in [3.63, 3.8) is 0 Å². The number of hydrogen-bond acceptors (Lipinski definition) is 4. The highest BCUT2D eigenvalue weighted by atomic mass is 79.9. The van der Waals surface area contributed by atoms with E-state index in [-0.39, 0.29) is 18.3 Å². The number of carbonyl (C=O) groups excluding carboxylic acids is 1. The lowest BCUT2D eigenvalue weighted by atomic mass is 10.1. The number of amides is 1. The maximum Gasteiger partial charge on any atom is 0.250 e. The number of rotatable bonds is 4. The Balaban J connectivity index is 1.56. The van der Waals surface area contributed by atoms with Crippen LogP contribution in [0, 0.1) is 0 Å². The van der Waals surface area contributed by atoms with Gasteiger partial charge in [0.25, 0.3) is 0 Å². The molecule has 0 unspecified atom stereocenters. The van der Waals surface area contributed by atoms with Crippen LogP contribution in [0.4, 0.5) is 5.95 Å². The molecule has 4 aromatic rings. The first-order chi connectivity index (χ1) is 13.0. The SMILES string of the molecule is O=C(Cc1ccc(Br)cc1)Nc1nc2scc(-c3ccc(Cl)cc3Cl)n2n1. The average molecular weight is 482 g/mol. The minimum atomic E-state index is -0.179. The van der Waals surface area contributed by atoms with Crippen molar-refractivity contribution in [1.82, 2.24) is 14.6 Å². The summed E-state index contributed by atoms with van der Waals surface area (Å²) in [6.07, 6.45) is 0.246. The molecule has 2 aromatic carbocycles. The topological polar surface area (TPSA) is 59.3 Å². The molecule has 0 fully saturated rings. The van der Waals surface area contributed by atoms with Gasteiger partial charge in [-0.2, -0.15) is 4.98 Å². The van der Waals surface area contributed by atoms with Gasteiger partial charge in [0.05, 0.1) is 17.1 Å². The Morgan fingerprint density at radius 2 is 1.96 bits per heavy atom. The Hall–Kier alpha value is -1.93. The molecule has 2 heterocycles. The van der Waals surface area contributed by atoms with Crippen LogP contribution in [0.5, 0.6) is 0 Å². The summed E-state index contributed by atoms with van der Waals surface area (Å²) in [5.41, 5.74) is 2.49. The van der Waals surface area contributed by atoms with Crippen molar-refractivity contribution in [3.8, 4) is 11.3 Å². The molecule has 1 N–H and O–H groups in total. The zero-order valence-electron chi connectivity index (χ0n) is 13.6. The average Bonchev–Trinajstić information content (AvgIpc) is 3.17. The summed E-state index contributed by atoms with van der Waals surface area (Å²) < 4.78 is 2.63. The molecular formula is C18H11BrCl2N4OS. The number of thiazole rings is 1. The monoisotopic (exact) mass is 480 g/mol. The van der Waals surface area contributed by atoms with Gasteiger partial charge < -0.3 is 0 Å². The molecule has 2 aromatic heterocycles. The van der Waals surface area contributed by atoms with Gasteiger partial charge in [-0.05, 0) is 35.9 Å². The molecular weight excluding hydrogens is 471 g/mol. The molecule has 136 valence electrons. The molecule has 1 amide bonds. The van der Waals surface area contributed by atoms with E-state index in [9.17, 15) is 4.79 Å². The number of aromatic nitrogens is 3. The zero-order valence-corrected chi connectivity index (χ0v) is 17.5. The molecule has 0 radical (unpaired) electrons. The van der Waals surface area contributed by atoms with E-state index >= 15 is 0 Å². The molecule has 0 saturated heterocycles. The van der Waals surface area contributed by atoms with Crippen LogP contribution >= 0.6 is 50.5 Å². The fraction of sp³-hybridized carbons (Fsp3) is 0.0556. The number of anilines is 1. The lowest BCUT2D eigenvalue weighted by molar-refractivity contribution is -0.115. The fourth-order valence-corrected chi connectivity index (χ4v) is 4.17. The molecule has 0 aliphatic heterocycles. The van der Waals surface area contributed by atoms with E-state index in [1.54, 1.807) is 16.6 Å². The molecule has 0 aliphatic carbocycles. The second-order valence-electron chi connectivity index (χ2n) is 5.73. The van der Waals surface area contributed by atoms with Gasteiger partial charge in [0.15, 0.2) is 0 Å². The van der Waals surface area contributed by atoms with Crippen LogP contribution in [0.15, 0.2) is 52.3 Å². The van der Waals surface area contributed by atoms with Crippen LogP contribution in [-0.4, -0.2) is 20.5 Å². The van der Waals surface area contributed by atoms with Crippen molar-refractivity contribution in [2.45, 2.75) is 6.42 Å². The molecule has 0 aliphatic rings. The molecule has 4 rings (SSSR count). The molecule has 0 bridgehead atoms. The molecule has 0 atom stereocenters. The lowest BCUT2D eigenvalue weighted by Crippen LogP contribution is -2.15. The first kappa shape index (κ1) is 18.4. The normalized spacial score (nSPS) is 11.1. The molecule has 9 heteroatoms. The van der Waals surface area contributed by atoms with Gasteiger partial charge in [-0.25, -0.2) is 4.52 Å². The third kappa shape index (κ3) is 4.01. The number of fused-ring (bicyclic) bond motifs is 1. The maximum atomic E-state index is 12.3. The fourth-order valence-electron chi connectivity index (χ4n) is 2.57. The van der Waals surface area contributed by atoms with Gasteiger partial charge in [-0.3, -0.25) is 10.1 Å². The van der Waals surface area contributed by atoms with Crippen LogP contribution in [-0.2, 0) is 11.2 Å². The van der Waals surface area contributed by atoms with Crippen LogP contribution in [0.2, 0.25) is 10.0 Å². The summed E-state index contributed by atoms with van der Waals surface area (Å²) in [6, 6.07) is 12.9. The highest BCUT2D eigenvalue weighted by molar-refractivity contribution is 9.10. The summed E-state index contributed by atoms with van der Waals surface area (Å²) in [5, 5.41) is 10.1. The van der Waals surface area contributed by atoms with Crippen molar-refractivity contribution in [3.05, 3.63) is 67.9 Å². The summed E-state index contributed by atoms with van der Waals surface area (Å²) in [6.45, 7) is 0. The number of benzene rings is 2. The number of carbonyl (C=O) groups is 1. The quantitative estimate of drug-likeness (QED) is 0.406.